The summed E-state index contributed by atoms with van der Waals surface area (Å²) in [6.07, 6.45) is 4.14. The van der Waals surface area contributed by atoms with Gasteiger partial charge >= 0.3 is 0 Å². The van der Waals surface area contributed by atoms with Crippen LogP contribution in [0.25, 0.3) is 0 Å². The van der Waals surface area contributed by atoms with Crippen LogP contribution in [0, 0.1) is 18.3 Å². The van der Waals surface area contributed by atoms with Crippen LogP contribution < -0.4 is 0 Å². The van der Waals surface area contributed by atoms with Crippen LogP contribution in [0.3, 0.4) is 0 Å². The molecule has 0 radical (unpaired) electrons. The van der Waals surface area contributed by atoms with E-state index in [-0.39, 0.29) is 11.2 Å². The maximum absolute atomic E-state index is 9.35. The highest BCUT2D eigenvalue weighted by molar-refractivity contribution is 7.94. The molecule has 0 spiro atoms. The lowest BCUT2D eigenvalue weighted by Crippen LogP contribution is -2.30. The molecule has 2 aliphatic heterocycles. The summed E-state index contributed by atoms with van der Waals surface area (Å²) in [5.74, 6) is 0. The minimum Gasteiger partial charge on any atom is -0.361 e. The summed E-state index contributed by atoms with van der Waals surface area (Å²) >= 11 is 1.44. The molecule has 2 aliphatic rings. The summed E-state index contributed by atoms with van der Waals surface area (Å²) in [4.78, 5) is 1.12. The molecule has 2 fully saturated rings. The summed E-state index contributed by atoms with van der Waals surface area (Å²) in [6.45, 7) is 6.62. The summed E-state index contributed by atoms with van der Waals surface area (Å²) in [5.41, 5.74) is 2.72. The quantitative estimate of drug-likeness (QED) is 0.560. The second-order valence-electron chi connectivity index (χ2n) is 8.75. The summed E-state index contributed by atoms with van der Waals surface area (Å²) in [5, 5.41) is 9.35. The van der Waals surface area contributed by atoms with Crippen LogP contribution in [0.2, 0.25) is 0 Å². The molecule has 4 heteroatoms. The number of benzene rings is 2. The highest BCUT2D eigenvalue weighted by atomic mass is 32.2. The van der Waals surface area contributed by atoms with Crippen LogP contribution in [0.1, 0.15) is 56.2 Å². The Balaban J connectivity index is 1.40. The molecule has 2 saturated heterocycles. The average Bonchev–Trinajstić information content (AvgIpc) is 3.27. The number of fused-ring (bicyclic) bond motifs is 2. The van der Waals surface area contributed by atoms with Gasteiger partial charge in [0.25, 0.3) is 0 Å². The molecule has 0 atom stereocenters. The van der Waals surface area contributed by atoms with Crippen LogP contribution in [0.4, 0.5) is 0 Å². The molecule has 3 nitrogen and oxygen atoms in total. The van der Waals surface area contributed by atoms with E-state index in [9.17, 15) is 5.26 Å². The van der Waals surface area contributed by atoms with Crippen LogP contribution >= 0.6 is 12.0 Å². The number of hydrogen-bond acceptors (Lipinski definition) is 4. The molecular formula is C24H27NO2S. The van der Waals surface area contributed by atoms with Gasteiger partial charge in [-0.15, -0.1) is 0 Å². The van der Waals surface area contributed by atoms with E-state index in [0.717, 1.165) is 36.1 Å². The Morgan fingerprint density at radius 3 is 2.29 bits per heavy atom. The standard InChI is InChI=1S/C24H27NO2S/c1-18-4-10-21(11-5-18)28-26-17-23-12-14-24(27-23,15-13-23)20-8-6-19(7-9-20)22(2,3)16-25/h4-11H,12-15,17H2,1-3H3. The normalized spacial score (nSPS) is 26.4. The molecule has 0 saturated carbocycles. The second-order valence-corrected chi connectivity index (χ2v) is 9.63. The third kappa shape index (κ3) is 3.59. The fourth-order valence-corrected chi connectivity index (χ4v) is 4.96. The van der Waals surface area contributed by atoms with Crippen LogP contribution in [0.5, 0.6) is 0 Å². The van der Waals surface area contributed by atoms with Gasteiger partial charge in [-0.25, -0.2) is 0 Å². The van der Waals surface area contributed by atoms with Gasteiger partial charge in [0.15, 0.2) is 0 Å². The Hall–Kier alpha value is -1.80. The Labute approximate surface area is 172 Å². The molecule has 0 unspecified atom stereocenters. The zero-order valence-electron chi connectivity index (χ0n) is 16.8. The van der Waals surface area contributed by atoms with Gasteiger partial charge in [-0.2, -0.15) is 5.26 Å². The van der Waals surface area contributed by atoms with Gasteiger partial charge in [0.05, 0.1) is 29.3 Å². The number of nitrogens with zero attached hydrogens (tertiary/aromatic N) is 1. The van der Waals surface area contributed by atoms with E-state index in [2.05, 4.69) is 61.5 Å². The minimum atomic E-state index is -0.465. The van der Waals surface area contributed by atoms with Crippen molar-refractivity contribution in [3.8, 4) is 6.07 Å². The Morgan fingerprint density at radius 2 is 1.68 bits per heavy atom. The van der Waals surface area contributed by atoms with Crippen LogP contribution in [0.15, 0.2) is 53.4 Å². The molecule has 0 amide bonds. The molecule has 146 valence electrons. The number of rotatable bonds is 6. The predicted molar refractivity (Wildman–Crippen MR) is 112 cm³/mol. The number of hydrogen-bond donors (Lipinski definition) is 0. The van der Waals surface area contributed by atoms with Gasteiger partial charge < -0.3 is 8.92 Å². The smallest absolute Gasteiger partial charge is 0.0942 e. The lowest BCUT2D eigenvalue weighted by molar-refractivity contribution is -0.0686. The highest BCUT2D eigenvalue weighted by Crippen LogP contribution is 2.56. The maximum atomic E-state index is 9.35. The summed E-state index contributed by atoms with van der Waals surface area (Å²) < 4.78 is 12.6. The van der Waals surface area contributed by atoms with Crippen LogP contribution in [-0.2, 0) is 19.9 Å². The molecule has 2 aromatic carbocycles. The van der Waals surface area contributed by atoms with Crippen molar-refractivity contribution < 1.29 is 8.92 Å². The number of aryl methyl sites for hydroxylation is 1. The molecule has 4 rings (SSSR count). The zero-order valence-corrected chi connectivity index (χ0v) is 17.6. The fraction of sp³-hybridized carbons (Fsp3) is 0.458. The predicted octanol–water partition coefficient (Wildman–Crippen LogP) is 6.06. The van der Waals surface area contributed by atoms with E-state index in [1.807, 2.05) is 13.8 Å². The maximum Gasteiger partial charge on any atom is 0.0942 e. The monoisotopic (exact) mass is 393 g/mol. The van der Waals surface area contributed by atoms with Crippen molar-refractivity contribution in [2.45, 2.75) is 68.0 Å². The van der Waals surface area contributed by atoms with Crippen LogP contribution in [-0.4, -0.2) is 12.2 Å². The van der Waals surface area contributed by atoms with Gasteiger partial charge in [0.1, 0.15) is 0 Å². The van der Waals surface area contributed by atoms with Crippen molar-refractivity contribution in [1.82, 2.24) is 0 Å². The fourth-order valence-electron chi connectivity index (χ4n) is 4.30. The van der Waals surface area contributed by atoms with E-state index in [1.165, 1.54) is 23.2 Å². The highest BCUT2D eigenvalue weighted by Gasteiger charge is 2.56. The molecule has 2 aromatic rings. The van der Waals surface area contributed by atoms with E-state index >= 15 is 0 Å². The van der Waals surface area contributed by atoms with E-state index in [4.69, 9.17) is 8.92 Å². The van der Waals surface area contributed by atoms with Gasteiger partial charge in [-0.3, -0.25) is 0 Å². The van der Waals surface area contributed by atoms with E-state index < -0.39 is 5.41 Å². The van der Waals surface area contributed by atoms with Crippen molar-refractivity contribution >= 4 is 12.0 Å². The van der Waals surface area contributed by atoms with Crippen molar-refractivity contribution in [1.29, 1.82) is 5.26 Å². The second kappa shape index (κ2) is 7.22. The molecule has 0 aliphatic carbocycles. The van der Waals surface area contributed by atoms with E-state index in [1.54, 1.807) is 0 Å². The summed E-state index contributed by atoms with van der Waals surface area (Å²) in [6, 6.07) is 19.2. The third-order valence-corrected chi connectivity index (χ3v) is 6.99. The van der Waals surface area contributed by atoms with Crippen molar-refractivity contribution in [3.63, 3.8) is 0 Å². The zero-order chi connectivity index (χ0) is 19.8. The first kappa shape index (κ1) is 19.5. The Morgan fingerprint density at radius 1 is 1.04 bits per heavy atom. The van der Waals surface area contributed by atoms with Gasteiger partial charge in [0.2, 0.25) is 0 Å². The molecule has 0 N–H and O–H groups in total. The molecular weight excluding hydrogens is 366 g/mol. The Kier molecular flexibility index (Phi) is 5.03. The first-order chi connectivity index (χ1) is 13.4. The molecule has 2 bridgehead atoms. The average molecular weight is 394 g/mol. The minimum absolute atomic E-state index is 0.164. The molecule has 28 heavy (non-hydrogen) atoms. The molecule has 2 heterocycles. The SMILES string of the molecule is Cc1ccc(SOCC23CCC(c4ccc(C(C)(C)C#N)cc4)(CC2)O3)cc1. The topological polar surface area (TPSA) is 42.2 Å². The van der Waals surface area contributed by atoms with Gasteiger partial charge in [-0.1, -0.05) is 42.0 Å². The lowest BCUT2D eigenvalue weighted by atomic mass is 9.78. The van der Waals surface area contributed by atoms with Gasteiger partial charge in [0, 0.05) is 16.9 Å². The first-order valence-corrected chi connectivity index (χ1v) is 10.7. The van der Waals surface area contributed by atoms with Crippen molar-refractivity contribution in [2.75, 3.05) is 6.61 Å². The number of ether oxygens (including phenoxy) is 1. The Bertz CT molecular complexity index is 872. The van der Waals surface area contributed by atoms with E-state index in [0.29, 0.717) is 6.61 Å². The summed E-state index contributed by atoms with van der Waals surface area (Å²) in [7, 11) is 0. The largest absolute Gasteiger partial charge is 0.361 e. The first-order valence-electron chi connectivity index (χ1n) is 9.95. The lowest BCUT2D eigenvalue weighted by Gasteiger charge is -2.26. The van der Waals surface area contributed by atoms with Gasteiger partial charge in [-0.05, 0) is 69.7 Å². The van der Waals surface area contributed by atoms with Crippen molar-refractivity contribution in [3.05, 3.63) is 65.2 Å². The number of nitriles is 1. The molecule has 0 aromatic heterocycles. The van der Waals surface area contributed by atoms with Crippen molar-refractivity contribution in [2.24, 2.45) is 0 Å². The third-order valence-electron chi connectivity index (χ3n) is 6.29.